The van der Waals surface area contributed by atoms with Crippen LogP contribution in [0.4, 0.5) is 5.69 Å². The molecule has 0 N–H and O–H groups in total. The van der Waals surface area contributed by atoms with E-state index < -0.39 is 0 Å². The fourth-order valence-corrected chi connectivity index (χ4v) is 3.05. The predicted octanol–water partition coefficient (Wildman–Crippen LogP) is 0.586. The number of nitrogens with zero attached hydrogens (tertiary/aromatic N) is 3. The Balaban J connectivity index is 1.55. The lowest BCUT2D eigenvalue weighted by atomic mass is 10.2. The summed E-state index contributed by atoms with van der Waals surface area (Å²) in [5, 5.41) is 0. The summed E-state index contributed by atoms with van der Waals surface area (Å²) in [6, 6.07) is 9.46. The topological polar surface area (TPSA) is 60.9 Å². The molecule has 23 heavy (non-hydrogen) atoms. The van der Waals surface area contributed by atoms with Gasteiger partial charge in [-0.2, -0.15) is 0 Å². The normalized spacial score (nSPS) is 23.3. The van der Waals surface area contributed by atoms with E-state index in [2.05, 4.69) is 0 Å². The van der Waals surface area contributed by atoms with Gasteiger partial charge in [0.2, 0.25) is 18.2 Å². The predicted molar refractivity (Wildman–Crippen MR) is 85.7 cm³/mol. The molecule has 1 aromatic carbocycles. The minimum absolute atomic E-state index is 0.000998. The number of carbonyl (C=O) groups excluding carboxylic acids is 3. The SMILES string of the molecule is CN(C(=O)C1CC1C(=O)N1CCN(C=O)CC1)c1ccccc1. The van der Waals surface area contributed by atoms with E-state index in [-0.39, 0.29) is 23.7 Å². The summed E-state index contributed by atoms with van der Waals surface area (Å²) in [4.78, 5) is 40.8. The van der Waals surface area contributed by atoms with Crippen LogP contribution in [0.2, 0.25) is 0 Å². The molecule has 6 heteroatoms. The van der Waals surface area contributed by atoms with Crippen LogP contribution in [0.15, 0.2) is 30.3 Å². The van der Waals surface area contributed by atoms with Crippen LogP contribution in [-0.2, 0) is 14.4 Å². The summed E-state index contributed by atoms with van der Waals surface area (Å²) in [7, 11) is 1.75. The lowest BCUT2D eigenvalue weighted by Gasteiger charge is -2.32. The van der Waals surface area contributed by atoms with Crippen LogP contribution in [0, 0.1) is 11.8 Å². The maximum Gasteiger partial charge on any atom is 0.230 e. The molecular weight excluding hydrogens is 294 g/mol. The number of anilines is 1. The Morgan fingerprint density at radius 3 is 2.35 bits per heavy atom. The van der Waals surface area contributed by atoms with Crippen LogP contribution >= 0.6 is 0 Å². The van der Waals surface area contributed by atoms with E-state index in [1.165, 1.54) is 0 Å². The minimum atomic E-state index is -0.211. The summed E-state index contributed by atoms with van der Waals surface area (Å²) < 4.78 is 0. The molecule has 2 fully saturated rings. The monoisotopic (exact) mass is 315 g/mol. The Morgan fingerprint density at radius 2 is 1.74 bits per heavy atom. The second kappa shape index (κ2) is 6.40. The molecule has 1 aliphatic heterocycles. The number of hydrogen-bond acceptors (Lipinski definition) is 3. The summed E-state index contributed by atoms with van der Waals surface area (Å²) in [5.41, 5.74) is 0.843. The molecule has 6 nitrogen and oxygen atoms in total. The van der Waals surface area contributed by atoms with Crippen molar-refractivity contribution in [3.8, 4) is 0 Å². The average molecular weight is 315 g/mol. The van der Waals surface area contributed by atoms with Crippen molar-refractivity contribution < 1.29 is 14.4 Å². The maximum atomic E-state index is 12.5. The molecule has 0 aromatic heterocycles. The molecule has 3 amide bonds. The summed E-state index contributed by atoms with van der Waals surface area (Å²) in [6.45, 7) is 2.27. The van der Waals surface area contributed by atoms with Crippen molar-refractivity contribution in [3.63, 3.8) is 0 Å². The van der Waals surface area contributed by atoms with Crippen molar-refractivity contribution in [2.24, 2.45) is 11.8 Å². The van der Waals surface area contributed by atoms with Crippen molar-refractivity contribution in [1.82, 2.24) is 9.80 Å². The molecule has 3 rings (SSSR count). The number of benzene rings is 1. The van der Waals surface area contributed by atoms with Crippen LogP contribution in [0.3, 0.4) is 0 Å². The number of carbonyl (C=O) groups is 3. The number of para-hydroxylation sites is 1. The number of amides is 3. The first-order valence-corrected chi connectivity index (χ1v) is 7.92. The smallest absolute Gasteiger partial charge is 0.230 e. The molecule has 1 aromatic rings. The largest absolute Gasteiger partial charge is 0.342 e. The highest BCUT2D eigenvalue weighted by molar-refractivity contribution is 6.00. The van der Waals surface area contributed by atoms with Gasteiger partial charge in [-0.05, 0) is 18.6 Å². The summed E-state index contributed by atoms with van der Waals surface area (Å²) in [5.74, 6) is -0.357. The van der Waals surface area contributed by atoms with Crippen LogP contribution in [0.5, 0.6) is 0 Å². The number of hydrogen-bond donors (Lipinski definition) is 0. The van der Waals surface area contributed by atoms with Gasteiger partial charge < -0.3 is 14.7 Å². The Hall–Kier alpha value is -2.37. The summed E-state index contributed by atoms with van der Waals surface area (Å²) >= 11 is 0. The van der Waals surface area contributed by atoms with Gasteiger partial charge in [-0.25, -0.2) is 0 Å². The van der Waals surface area contributed by atoms with Gasteiger partial charge in [-0.3, -0.25) is 14.4 Å². The average Bonchev–Trinajstić information content (AvgIpc) is 3.41. The van der Waals surface area contributed by atoms with Crippen molar-refractivity contribution in [1.29, 1.82) is 0 Å². The number of rotatable bonds is 4. The first kappa shape index (κ1) is 15.5. The van der Waals surface area contributed by atoms with Gasteiger partial charge >= 0.3 is 0 Å². The molecule has 1 heterocycles. The minimum Gasteiger partial charge on any atom is -0.342 e. The molecule has 0 spiro atoms. The fourth-order valence-electron chi connectivity index (χ4n) is 3.05. The Kier molecular flexibility index (Phi) is 4.32. The van der Waals surface area contributed by atoms with Gasteiger partial charge in [0.05, 0.1) is 11.8 Å². The highest BCUT2D eigenvalue weighted by Gasteiger charge is 2.50. The van der Waals surface area contributed by atoms with E-state index in [4.69, 9.17) is 0 Å². The zero-order chi connectivity index (χ0) is 16.4. The van der Waals surface area contributed by atoms with Crippen molar-refractivity contribution >= 4 is 23.9 Å². The molecular formula is C17H21N3O3. The fraction of sp³-hybridized carbons (Fsp3) is 0.471. The van der Waals surface area contributed by atoms with E-state index >= 15 is 0 Å². The Morgan fingerprint density at radius 1 is 1.09 bits per heavy atom. The third kappa shape index (κ3) is 3.21. The first-order valence-electron chi connectivity index (χ1n) is 7.92. The molecule has 122 valence electrons. The molecule has 0 bridgehead atoms. The van der Waals surface area contributed by atoms with Crippen molar-refractivity contribution in [2.75, 3.05) is 38.1 Å². The van der Waals surface area contributed by atoms with Gasteiger partial charge in [-0.15, -0.1) is 0 Å². The van der Waals surface area contributed by atoms with E-state index in [9.17, 15) is 14.4 Å². The molecule has 1 saturated carbocycles. The summed E-state index contributed by atoms with van der Waals surface area (Å²) in [6.07, 6.45) is 1.45. The lowest BCUT2D eigenvalue weighted by Crippen LogP contribution is -2.49. The zero-order valence-corrected chi connectivity index (χ0v) is 13.2. The van der Waals surface area contributed by atoms with Crippen molar-refractivity contribution in [2.45, 2.75) is 6.42 Å². The van der Waals surface area contributed by atoms with E-state index in [1.807, 2.05) is 30.3 Å². The molecule has 2 unspecified atom stereocenters. The van der Waals surface area contributed by atoms with Gasteiger partial charge in [0.1, 0.15) is 0 Å². The van der Waals surface area contributed by atoms with Gasteiger partial charge in [-0.1, -0.05) is 18.2 Å². The Bertz CT molecular complexity index is 596. The number of piperazine rings is 1. The molecule has 1 aliphatic carbocycles. The lowest BCUT2D eigenvalue weighted by molar-refractivity contribution is -0.137. The Labute approximate surface area is 135 Å². The third-order valence-electron chi connectivity index (χ3n) is 4.67. The second-order valence-corrected chi connectivity index (χ2v) is 6.15. The second-order valence-electron chi connectivity index (χ2n) is 6.15. The molecule has 2 aliphatic rings. The maximum absolute atomic E-state index is 12.5. The quantitative estimate of drug-likeness (QED) is 0.764. The van der Waals surface area contributed by atoms with Crippen LogP contribution < -0.4 is 4.90 Å². The van der Waals surface area contributed by atoms with E-state index in [1.54, 1.807) is 21.7 Å². The third-order valence-corrected chi connectivity index (χ3v) is 4.67. The molecule has 0 radical (unpaired) electrons. The van der Waals surface area contributed by atoms with Gasteiger partial charge in [0, 0.05) is 38.9 Å². The first-order chi connectivity index (χ1) is 11.1. The highest BCUT2D eigenvalue weighted by Crippen LogP contribution is 2.42. The van der Waals surface area contributed by atoms with Crippen LogP contribution in [0.1, 0.15) is 6.42 Å². The molecule has 1 saturated heterocycles. The molecule has 2 atom stereocenters. The van der Waals surface area contributed by atoms with Crippen molar-refractivity contribution in [3.05, 3.63) is 30.3 Å². The standard InChI is InChI=1S/C17H21N3O3/c1-18(13-5-3-2-4-6-13)16(22)14-11-15(14)17(23)20-9-7-19(12-21)8-10-20/h2-6,12,14-15H,7-11H2,1H3. The van der Waals surface area contributed by atoms with Gasteiger partial charge in [0.15, 0.2) is 0 Å². The van der Waals surface area contributed by atoms with E-state index in [0.717, 1.165) is 12.1 Å². The van der Waals surface area contributed by atoms with Crippen LogP contribution in [-0.4, -0.2) is 61.3 Å². The van der Waals surface area contributed by atoms with E-state index in [0.29, 0.717) is 32.6 Å². The van der Waals surface area contributed by atoms with Gasteiger partial charge in [0.25, 0.3) is 0 Å². The highest BCUT2D eigenvalue weighted by atomic mass is 16.2. The van der Waals surface area contributed by atoms with Crippen LogP contribution in [0.25, 0.3) is 0 Å². The zero-order valence-electron chi connectivity index (χ0n) is 13.2.